The highest BCUT2D eigenvalue weighted by Gasteiger charge is 2.33. The lowest BCUT2D eigenvalue weighted by Crippen LogP contribution is -2.39. The maximum absolute atomic E-state index is 12.8. The van der Waals surface area contributed by atoms with Crippen molar-refractivity contribution >= 4 is 11.0 Å². The lowest BCUT2D eigenvalue weighted by atomic mass is 10.2. The fourth-order valence-electron chi connectivity index (χ4n) is 2.67. The Morgan fingerprint density at radius 1 is 1.14 bits per heavy atom. The van der Waals surface area contributed by atoms with Crippen LogP contribution in [0.25, 0.3) is 11.0 Å². The van der Waals surface area contributed by atoms with Gasteiger partial charge in [-0.15, -0.1) is 0 Å². The maximum Gasteiger partial charge on any atom is 0.433 e. The fraction of sp³-hybridized carbons (Fsp3) is 0.235. The van der Waals surface area contributed by atoms with Gasteiger partial charge in [-0.1, -0.05) is 12.1 Å². The summed E-state index contributed by atoms with van der Waals surface area (Å²) < 4.78 is 69.1. The zero-order valence-corrected chi connectivity index (χ0v) is 14.2. The fourth-order valence-corrected chi connectivity index (χ4v) is 2.67. The molecule has 0 saturated heterocycles. The van der Waals surface area contributed by atoms with E-state index in [-0.39, 0.29) is 17.7 Å². The van der Waals surface area contributed by atoms with Gasteiger partial charge in [-0.2, -0.15) is 22.0 Å². The average molecular weight is 401 g/mol. The van der Waals surface area contributed by atoms with E-state index in [1.165, 1.54) is 31.3 Å². The van der Waals surface area contributed by atoms with Crippen molar-refractivity contribution in [3.63, 3.8) is 0 Å². The van der Waals surface area contributed by atoms with E-state index in [2.05, 4.69) is 9.72 Å². The molecule has 0 aliphatic heterocycles. The summed E-state index contributed by atoms with van der Waals surface area (Å²) in [6.07, 6.45) is -4.73. The van der Waals surface area contributed by atoms with Gasteiger partial charge < -0.3 is 4.74 Å². The molecule has 0 unspecified atom stereocenters. The molecule has 0 saturated carbocycles. The number of halogens is 5. The molecule has 1 aromatic carbocycles. The maximum atomic E-state index is 12.8. The largest absolute Gasteiger partial charge is 0.435 e. The Balaban J connectivity index is 2.11. The van der Waals surface area contributed by atoms with Crippen molar-refractivity contribution in [2.24, 2.45) is 7.05 Å². The van der Waals surface area contributed by atoms with Crippen molar-refractivity contribution in [3.05, 3.63) is 68.5 Å². The summed E-state index contributed by atoms with van der Waals surface area (Å²) >= 11 is 0. The lowest BCUT2D eigenvalue weighted by Gasteiger charge is -2.13. The van der Waals surface area contributed by atoms with Crippen molar-refractivity contribution in [3.8, 4) is 5.75 Å². The van der Waals surface area contributed by atoms with Gasteiger partial charge in [0.2, 0.25) is 0 Å². The van der Waals surface area contributed by atoms with E-state index < -0.39 is 35.4 Å². The van der Waals surface area contributed by atoms with Gasteiger partial charge in [-0.3, -0.25) is 13.9 Å². The second-order valence-electron chi connectivity index (χ2n) is 5.82. The van der Waals surface area contributed by atoms with Crippen molar-refractivity contribution in [2.45, 2.75) is 19.3 Å². The highest BCUT2D eigenvalue weighted by atomic mass is 19.4. The monoisotopic (exact) mass is 401 g/mol. The molecule has 11 heteroatoms. The number of hydrogen-bond donors (Lipinski definition) is 0. The molecule has 0 amide bonds. The van der Waals surface area contributed by atoms with Gasteiger partial charge in [0.25, 0.3) is 5.56 Å². The molecule has 0 fully saturated rings. The van der Waals surface area contributed by atoms with E-state index in [1.807, 2.05) is 0 Å². The number of hydrogen-bond acceptors (Lipinski definition) is 4. The molecular weight excluding hydrogens is 389 g/mol. The third-order valence-corrected chi connectivity index (χ3v) is 3.94. The Morgan fingerprint density at radius 3 is 2.50 bits per heavy atom. The number of nitrogens with zero attached hydrogens (tertiary/aromatic N) is 3. The summed E-state index contributed by atoms with van der Waals surface area (Å²) in [5, 5.41) is -0.185. The molecule has 28 heavy (non-hydrogen) atoms. The van der Waals surface area contributed by atoms with E-state index in [1.54, 1.807) is 0 Å². The average Bonchev–Trinajstić information content (AvgIpc) is 2.62. The van der Waals surface area contributed by atoms with Gasteiger partial charge in [-0.25, -0.2) is 9.78 Å². The predicted octanol–water partition coefficient (Wildman–Crippen LogP) is 2.76. The summed E-state index contributed by atoms with van der Waals surface area (Å²) in [6, 6.07) is 6.99. The number of ether oxygens (including phenoxy) is 1. The Labute approximate surface area is 153 Å². The van der Waals surface area contributed by atoms with Crippen LogP contribution in [0, 0.1) is 0 Å². The first-order valence-electron chi connectivity index (χ1n) is 7.79. The Hall–Kier alpha value is -3.24. The second kappa shape index (κ2) is 7.06. The second-order valence-corrected chi connectivity index (χ2v) is 5.82. The smallest absolute Gasteiger partial charge is 0.433 e. The van der Waals surface area contributed by atoms with Crippen LogP contribution < -0.4 is 16.0 Å². The SMILES string of the molecule is Cn1c(=O)n(Cc2cccc(OC(F)F)c2)c(=O)c2ccc(C(F)(F)F)nc21. The summed E-state index contributed by atoms with van der Waals surface area (Å²) in [4.78, 5) is 28.5. The molecule has 2 aromatic heterocycles. The van der Waals surface area contributed by atoms with Crippen LogP contribution in [-0.2, 0) is 19.8 Å². The van der Waals surface area contributed by atoms with Gasteiger partial charge in [-0.05, 0) is 29.8 Å². The van der Waals surface area contributed by atoms with Crippen molar-refractivity contribution < 1.29 is 26.7 Å². The Morgan fingerprint density at radius 2 is 1.86 bits per heavy atom. The van der Waals surface area contributed by atoms with Crippen molar-refractivity contribution in [1.29, 1.82) is 0 Å². The van der Waals surface area contributed by atoms with Gasteiger partial charge in [0.05, 0.1) is 11.9 Å². The Bertz CT molecular complexity index is 1150. The normalized spacial score (nSPS) is 12.0. The minimum absolute atomic E-state index is 0.158. The number of benzene rings is 1. The van der Waals surface area contributed by atoms with Gasteiger partial charge in [0, 0.05) is 7.05 Å². The van der Waals surface area contributed by atoms with E-state index in [0.29, 0.717) is 11.6 Å². The number of rotatable bonds is 4. The quantitative estimate of drug-likeness (QED) is 0.631. The van der Waals surface area contributed by atoms with Crippen LogP contribution in [0.3, 0.4) is 0 Å². The first kappa shape index (κ1) is 19.5. The van der Waals surface area contributed by atoms with E-state index >= 15 is 0 Å². The molecule has 0 atom stereocenters. The minimum Gasteiger partial charge on any atom is -0.435 e. The van der Waals surface area contributed by atoms with Crippen LogP contribution in [0.4, 0.5) is 22.0 Å². The molecule has 0 aliphatic carbocycles. The molecule has 3 aromatic rings. The minimum atomic E-state index is -4.73. The number of pyridine rings is 1. The molecule has 3 rings (SSSR count). The van der Waals surface area contributed by atoms with E-state index in [4.69, 9.17) is 0 Å². The van der Waals surface area contributed by atoms with E-state index in [0.717, 1.165) is 15.2 Å². The zero-order valence-electron chi connectivity index (χ0n) is 14.2. The van der Waals surface area contributed by atoms with Crippen LogP contribution in [-0.4, -0.2) is 20.7 Å². The highest BCUT2D eigenvalue weighted by Crippen LogP contribution is 2.28. The van der Waals surface area contributed by atoms with Gasteiger partial charge in [0.1, 0.15) is 17.1 Å². The first-order chi connectivity index (χ1) is 13.1. The molecular formula is C17H12F5N3O3. The van der Waals surface area contributed by atoms with Crippen LogP contribution >= 0.6 is 0 Å². The molecule has 0 bridgehead atoms. The van der Waals surface area contributed by atoms with Crippen LogP contribution in [0.1, 0.15) is 11.3 Å². The molecule has 0 aliphatic rings. The molecule has 0 N–H and O–H groups in total. The lowest BCUT2D eigenvalue weighted by molar-refractivity contribution is -0.141. The standard InChI is InChI=1S/C17H12F5N3O3/c1-24-13-11(5-6-12(23-13)17(20,21)22)14(26)25(16(24)27)8-9-3-2-4-10(7-9)28-15(18)19/h2-7,15H,8H2,1H3. The number of alkyl halides is 5. The summed E-state index contributed by atoms with van der Waals surface area (Å²) in [6.45, 7) is -3.33. The van der Waals surface area contributed by atoms with Gasteiger partial charge >= 0.3 is 18.5 Å². The number of aryl methyl sites for hydroxylation is 1. The summed E-state index contributed by atoms with van der Waals surface area (Å²) in [5.74, 6) is -0.158. The highest BCUT2D eigenvalue weighted by molar-refractivity contribution is 5.74. The van der Waals surface area contributed by atoms with Crippen molar-refractivity contribution in [1.82, 2.24) is 14.1 Å². The molecule has 148 valence electrons. The van der Waals surface area contributed by atoms with Gasteiger partial charge in [0.15, 0.2) is 0 Å². The molecule has 6 nitrogen and oxygen atoms in total. The summed E-state index contributed by atoms with van der Waals surface area (Å²) in [5.41, 5.74) is -3.07. The van der Waals surface area contributed by atoms with Crippen LogP contribution in [0.2, 0.25) is 0 Å². The van der Waals surface area contributed by atoms with E-state index in [9.17, 15) is 31.5 Å². The summed E-state index contributed by atoms with van der Waals surface area (Å²) in [7, 11) is 1.18. The Kier molecular flexibility index (Phi) is 4.92. The third kappa shape index (κ3) is 3.73. The van der Waals surface area contributed by atoms with Crippen LogP contribution in [0.5, 0.6) is 5.75 Å². The zero-order chi connectivity index (χ0) is 20.6. The number of fused-ring (bicyclic) bond motifs is 1. The van der Waals surface area contributed by atoms with Crippen molar-refractivity contribution in [2.75, 3.05) is 0 Å². The molecule has 0 radical (unpaired) electrons. The number of aromatic nitrogens is 3. The topological polar surface area (TPSA) is 66.1 Å². The third-order valence-electron chi connectivity index (χ3n) is 3.94. The molecule has 2 heterocycles. The predicted molar refractivity (Wildman–Crippen MR) is 88.4 cm³/mol. The van der Waals surface area contributed by atoms with Crippen LogP contribution in [0.15, 0.2) is 46.0 Å². The first-order valence-corrected chi connectivity index (χ1v) is 7.79. The molecule has 0 spiro atoms.